The van der Waals surface area contributed by atoms with Crippen LogP contribution < -0.4 is 5.19 Å². The van der Waals surface area contributed by atoms with Gasteiger partial charge in [0.05, 0.1) is 8.07 Å². The molecule has 0 amide bonds. The van der Waals surface area contributed by atoms with Crippen molar-refractivity contribution in [1.29, 1.82) is 0 Å². The van der Waals surface area contributed by atoms with Crippen molar-refractivity contribution in [2.75, 3.05) is 20.6 Å². The summed E-state index contributed by atoms with van der Waals surface area (Å²) >= 11 is 0. The molecule has 0 saturated carbocycles. The van der Waals surface area contributed by atoms with Crippen molar-refractivity contribution in [3.63, 3.8) is 0 Å². The first-order valence-electron chi connectivity index (χ1n) is 5.22. The summed E-state index contributed by atoms with van der Waals surface area (Å²) in [5.74, 6) is 0. The Morgan fingerprint density at radius 3 is 2.14 bits per heavy atom. The maximum Gasteiger partial charge on any atom is 0.0818 e. The highest BCUT2D eigenvalue weighted by Gasteiger charge is 2.22. The first-order chi connectivity index (χ1) is 6.52. The van der Waals surface area contributed by atoms with E-state index in [9.17, 15) is 0 Å². The molecule has 1 aromatic rings. The van der Waals surface area contributed by atoms with Crippen molar-refractivity contribution in [2.24, 2.45) is 0 Å². The van der Waals surface area contributed by atoms with E-state index < -0.39 is 8.07 Å². The second kappa shape index (κ2) is 4.76. The highest BCUT2D eigenvalue weighted by Crippen LogP contribution is 2.09. The Kier molecular flexibility index (Phi) is 3.90. The van der Waals surface area contributed by atoms with Crippen LogP contribution in [0.4, 0.5) is 0 Å². The molecule has 0 unspecified atom stereocenters. The SMILES string of the molecule is CN(C)CC[Si](C)(C)c1ccccc1. The normalized spacial score (nSPS) is 12.1. The molecule has 2 heteroatoms. The van der Waals surface area contributed by atoms with Crippen molar-refractivity contribution in [1.82, 2.24) is 4.90 Å². The molecule has 1 aromatic carbocycles. The van der Waals surface area contributed by atoms with Crippen molar-refractivity contribution in [3.8, 4) is 0 Å². The Bertz CT molecular complexity index is 267. The highest BCUT2D eigenvalue weighted by atomic mass is 28.3. The van der Waals surface area contributed by atoms with Crippen LogP contribution in [0.2, 0.25) is 19.1 Å². The summed E-state index contributed by atoms with van der Waals surface area (Å²) in [6.45, 7) is 6.10. The van der Waals surface area contributed by atoms with Crippen molar-refractivity contribution in [2.45, 2.75) is 19.1 Å². The fourth-order valence-corrected chi connectivity index (χ4v) is 3.93. The molecule has 0 atom stereocenters. The van der Waals surface area contributed by atoms with Gasteiger partial charge in [0.25, 0.3) is 0 Å². The molecule has 14 heavy (non-hydrogen) atoms. The van der Waals surface area contributed by atoms with Gasteiger partial charge in [-0.25, -0.2) is 0 Å². The lowest BCUT2D eigenvalue weighted by Gasteiger charge is -2.24. The van der Waals surface area contributed by atoms with Crippen molar-refractivity contribution >= 4 is 13.3 Å². The predicted octanol–water partition coefficient (Wildman–Crippen LogP) is 2.16. The molecule has 0 aliphatic carbocycles. The van der Waals surface area contributed by atoms with Gasteiger partial charge in [-0.15, -0.1) is 0 Å². The maximum absolute atomic E-state index is 2.45. The summed E-state index contributed by atoms with van der Waals surface area (Å²) in [4.78, 5) is 2.28. The monoisotopic (exact) mass is 207 g/mol. The van der Waals surface area contributed by atoms with Gasteiger partial charge >= 0.3 is 0 Å². The van der Waals surface area contributed by atoms with Crippen molar-refractivity contribution in [3.05, 3.63) is 30.3 Å². The van der Waals surface area contributed by atoms with Gasteiger partial charge in [0.15, 0.2) is 0 Å². The molecular formula is C12H21NSi. The molecular weight excluding hydrogens is 186 g/mol. The number of benzene rings is 1. The quantitative estimate of drug-likeness (QED) is 0.684. The van der Waals surface area contributed by atoms with Gasteiger partial charge < -0.3 is 4.90 Å². The van der Waals surface area contributed by atoms with Gasteiger partial charge in [0.1, 0.15) is 0 Å². The van der Waals surface area contributed by atoms with E-state index in [0.29, 0.717) is 0 Å². The summed E-state index contributed by atoms with van der Waals surface area (Å²) in [6, 6.07) is 12.3. The molecule has 0 aromatic heterocycles. The number of nitrogens with zero attached hydrogens (tertiary/aromatic N) is 1. The zero-order valence-corrected chi connectivity index (χ0v) is 10.7. The van der Waals surface area contributed by atoms with Crippen LogP contribution in [-0.4, -0.2) is 33.6 Å². The molecule has 0 radical (unpaired) electrons. The van der Waals surface area contributed by atoms with Crippen LogP contribution in [0.15, 0.2) is 30.3 Å². The van der Waals surface area contributed by atoms with Gasteiger partial charge in [-0.3, -0.25) is 0 Å². The molecule has 0 aliphatic rings. The second-order valence-electron chi connectivity index (χ2n) is 4.80. The Labute approximate surface area is 88.8 Å². The molecule has 0 aliphatic heterocycles. The predicted molar refractivity (Wildman–Crippen MR) is 66.9 cm³/mol. The van der Waals surface area contributed by atoms with E-state index in [2.05, 4.69) is 62.4 Å². The van der Waals surface area contributed by atoms with Crippen LogP contribution >= 0.6 is 0 Å². The average Bonchev–Trinajstić information content (AvgIpc) is 2.16. The zero-order chi connectivity index (χ0) is 10.6. The van der Waals surface area contributed by atoms with E-state index in [4.69, 9.17) is 0 Å². The summed E-state index contributed by atoms with van der Waals surface area (Å²) in [5, 5.41) is 1.57. The van der Waals surface area contributed by atoms with Gasteiger partial charge in [-0.1, -0.05) is 48.6 Å². The molecule has 0 N–H and O–H groups in total. The third-order valence-electron chi connectivity index (χ3n) is 2.74. The van der Waals surface area contributed by atoms with Crippen LogP contribution in [0, 0.1) is 0 Å². The molecule has 0 heterocycles. The van der Waals surface area contributed by atoms with Crippen LogP contribution in [0.25, 0.3) is 0 Å². The Morgan fingerprint density at radius 1 is 1.07 bits per heavy atom. The lowest BCUT2D eigenvalue weighted by Crippen LogP contribution is -2.43. The first-order valence-corrected chi connectivity index (χ1v) is 8.43. The van der Waals surface area contributed by atoms with Gasteiger partial charge in [0.2, 0.25) is 0 Å². The third kappa shape index (κ3) is 3.27. The van der Waals surface area contributed by atoms with E-state index in [-0.39, 0.29) is 0 Å². The minimum absolute atomic E-state index is 1.18. The zero-order valence-electron chi connectivity index (χ0n) is 9.75. The Hall–Kier alpha value is -0.603. The summed E-state index contributed by atoms with van der Waals surface area (Å²) in [6.07, 6.45) is 0. The minimum Gasteiger partial charge on any atom is -0.310 e. The molecule has 1 nitrogen and oxygen atoms in total. The average molecular weight is 207 g/mol. The van der Waals surface area contributed by atoms with Crippen LogP contribution in [0.1, 0.15) is 0 Å². The number of rotatable bonds is 4. The second-order valence-corrected chi connectivity index (χ2v) is 9.65. The smallest absolute Gasteiger partial charge is 0.0818 e. The van der Waals surface area contributed by atoms with E-state index in [1.165, 1.54) is 12.6 Å². The fourth-order valence-electron chi connectivity index (χ4n) is 1.54. The minimum atomic E-state index is -1.18. The first kappa shape index (κ1) is 11.5. The maximum atomic E-state index is 2.45. The molecule has 0 saturated heterocycles. The molecule has 0 bridgehead atoms. The molecule has 1 rings (SSSR count). The third-order valence-corrected chi connectivity index (χ3v) is 6.11. The van der Waals surface area contributed by atoms with Gasteiger partial charge in [-0.2, -0.15) is 0 Å². The summed E-state index contributed by atoms with van der Waals surface area (Å²) in [5.41, 5.74) is 0. The van der Waals surface area contributed by atoms with Crippen LogP contribution in [0.3, 0.4) is 0 Å². The Morgan fingerprint density at radius 2 is 1.64 bits per heavy atom. The largest absolute Gasteiger partial charge is 0.310 e. The van der Waals surface area contributed by atoms with E-state index >= 15 is 0 Å². The molecule has 78 valence electrons. The molecule has 0 spiro atoms. The highest BCUT2D eigenvalue weighted by molar-refractivity contribution is 6.89. The summed E-state index contributed by atoms with van der Waals surface area (Å²) < 4.78 is 0. The lowest BCUT2D eigenvalue weighted by molar-refractivity contribution is 0.431. The summed E-state index contributed by atoms with van der Waals surface area (Å²) in [7, 11) is 3.11. The van der Waals surface area contributed by atoms with Crippen LogP contribution in [0.5, 0.6) is 0 Å². The van der Waals surface area contributed by atoms with Gasteiger partial charge in [0, 0.05) is 0 Å². The fraction of sp³-hybridized carbons (Fsp3) is 0.500. The molecule has 0 fully saturated rings. The number of hydrogen-bond acceptors (Lipinski definition) is 1. The standard InChI is InChI=1S/C12H21NSi/c1-13(2)10-11-14(3,4)12-8-6-5-7-9-12/h5-9H,10-11H2,1-4H3. The lowest BCUT2D eigenvalue weighted by atomic mass is 10.4. The van der Waals surface area contributed by atoms with E-state index in [1.54, 1.807) is 5.19 Å². The topological polar surface area (TPSA) is 3.24 Å². The Balaban J connectivity index is 2.66. The van der Waals surface area contributed by atoms with E-state index in [0.717, 1.165) is 0 Å². The van der Waals surface area contributed by atoms with Gasteiger partial charge in [-0.05, 0) is 26.7 Å². The van der Waals surface area contributed by atoms with Crippen molar-refractivity contribution < 1.29 is 0 Å². The van der Waals surface area contributed by atoms with E-state index in [1.807, 2.05) is 0 Å². The van der Waals surface area contributed by atoms with Crippen LogP contribution in [-0.2, 0) is 0 Å². The number of hydrogen-bond donors (Lipinski definition) is 0.